The van der Waals surface area contributed by atoms with Crippen LogP contribution in [0.15, 0.2) is 29.2 Å². The third-order valence-corrected chi connectivity index (χ3v) is 5.19. The number of ether oxygens (including phenoxy) is 1. The Morgan fingerprint density at radius 3 is 2.61 bits per heavy atom. The summed E-state index contributed by atoms with van der Waals surface area (Å²) in [4.78, 5) is 15.9. The number of benzene rings is 1. The molecule has 0 spiro atoms. The van der Waals surface area contributed by atoms with Gasteiger partial charge in [0.1, 0.15) is 5.75 Å². The van der Waals surface area contributed by atoms with Gasteiger partial charge in [0.2, 0.25) is 5.91 Å². The highest BCUT2D eigenvalue weighted by Gasteiger charge is 2.24. The predicted molar refractivity (Wildman–Crippen MR) is 96.2 cm³/mol. The molecule has 0 aromatic heterocycles. The molecule has 1 aliphatic heterocycles. The topological polar surface area (TPSA) is 41.6 Å². The molecule has 0 unspecified atom stereocenters. The van der Waals surface area contributed by atoms with Crippen LogP contribution in [0.3, 0.4) is 0 Å². The van der Waals surface area contributed by atoms with E-state index in [4.69, 9.17) is 4.74 Å². The van der Waals surface area contributed by atoms with Crippen LogP contribution in [0, 0.1) is 0 Å². The van der Waals surface area contributed by atoms with Gasteiger partial charge in [-0.25, -0.2) is 0 Å². The molecule has 0 saturated carbocycles. The minimum Gasteiger partial charge on any atom is -0.497 e. The lowest BCUT2D eigenvalue weighted by atomic mass is 10.0. The Labute approximate surface area is 144 Å². The molecule has 128 valence electrons. The summed E-state index contributed by atoms with van der Waals surface area (Å²) in [5.74, 6) is 2.00. The SMILES string of the molecule is CCCN(C(=O)CCSc1ccc(OC)cc1)C1CCNCC1. The number of amides is 1. The molecule has 4 nitrogen and oxygen atoms in total. The Kier molecular flexibility index (Phi) is 7.76. The van der Waals surface area contributed by atoms with Crippen molar-refractivity contribution in [1.29, 1.82) is 0 Å². The van der Waals surface area contributed by atoms with Gasteiger partial charge in [-0.2, -0.15) is 0 Å². The minimum atomic E-state index is 0.305. The van der Waals surface area contributed by atoms with E-state index < -0.39 is 0 Å². The van der Waals surface area contributed by atoms with Crippen LogP contribution >= 0.6 is 11.8 Å². The second-order valence-corrected chi connectivity index (χ2v) is 7.01. The van der Waals surface area contributed by atoms with Crippen molar-refractivity contribution in [1.82, 2.24) is 10.2 Å². The number of rotatable bonds is 8. The van der Waals surface area contributed by atoms with Crippen LogP contribution in [0.2, 0.25) is 0 Å². The first-order valence-corrected chi connectivity index (χ1v) is 9.50. The van der Waals surface area contributed by atoms with E-state index in [1.807, 2.05) is 24.3 Å². The monoisotopic (exact) mass is 336 g/mol. The number of hydrogen-bond donors (Lipinski definition) is 1. The smallest absolute Gasteiger partial charge is 0.223 e. The van der Waals surface area contributed by atoms with Crippen LogP contribution in [0.4, 0.5) is 0 Å². The summed E-state index contributed by atoms with van der Waals surface area (Å²) >= 11 is 1.73. The molecule has 1 heterocycles. The van der Waals surface area contributed by atoms with Gasteiger partial charge in [0.05, 0.1) is 7.11 Å². The summed E-state index contributed by atoms with van der Waals surface area (Å²) in [5, 5.41) is 3.37. The van der Waals surface area contributed by atoms with Gasteiger partial charge in [-0.1, -0.05) is 6.92 Å². The van der Waals surface area contributed by atoms with E-state index in [9.17, 15) is 4.79 Å². The highest BCUT2D eigenvalue weighted by molar-refractivity contribution is 7.99. The van der Waals surface area contributed by atoms with Crippen LogP contribution in [-0.2, 0) is 4.79 Å². The summed E-state index contributed by atoms with van der Waals surface area (Å²) in [7, 11) is 1.67. The maximum atomic E-state index is 12.6. The number of nitrogens with one attached hydrogen (secondary N) is 1. The number of carbonyl (C=O) groups is 1. The average Bonchev–Trinajstić information content (AvgIpc) is 2.61. The Bertz CT molecular complexity index is 472. The zero-order chi connectivity index (χ0) is 16.5. The van der Waals surface area contributed by atoms with E-state index >= 15 is 0 Å². The lowest BCUT2D eigenvalue weighted by molar-refractivity contribution is -0.133. The molecule has 0 aliphatic carbocycles. The standard InChI is InChI=1S/C18H28N2O2S/c1-3-13-20(15-8-11-19-12-9-15)18(21)10-14-23-17-6-4-16(22-2)5-7-17/h4-7,15,19H,3,8-14H2,1-2H3. The Hall–Kier alpha value is -1.20. The van der Waals surface area contributed by atoms with Crippen molar-refractivity contribution in [2.75, 3.05) is 32.5 Å². The Morgan fingerprint density at radius 2 is 2.00 bits per heavy atom. The highest BCUT2D eigenvalue weighted by Crippen LogP contribution is 2.23. The van der Waals surface area contributed by atoms with Crippen LogP contribution in [-0.4, -0.2) is 49.3 Å². The van der Waals surface area contributed by atoms with E-state index in [1.54, 1.807) is 18.9 Å². The number of thioether (sulfide) groups is 1. The Morgan fingerprint density at radius 1 is 1.30 bits per heavy atom. The van der Waals surface area contributed by atoms with Gasteiger partial charge in [-0.3, -0.25) is 4.79 Å². The van der Waals surface area contributed by atoms with E-state index in [2.05, 4.69) is 17.1 Å². The van der Waals surface area contributed by atoms with Crippen LogP contribution in [0.25, 0.3) is 0 Å². The molecule has 0 radical (unpaired) electrons. The Balaban J connectivity index is 1.80. The number of methoxy groups -OCH3 is 1. The number of nitrogens with zero attached hydrogens (tertiary/aromatic N) is 1. The van der Waals surface area contributed by atoms with Crippen LogP contribution in [0.1, 0.15) is 32.6 Å². The van der Waals surface area contributed by atoms with Crippen molar-refractivity contribution >= 4 is 17.7 Å². The third kappa shape index (κ3) is 5.74. The number of carbonyl (C=O) groups excluding carboxylic acids is 1. The van der Waals surface area contributed by atoms with Crippen LogP contribution in [0.5, 0.6) is 5.75 Å². The lowest BCUT2D eigenvalue weighted by Crippen LogP contribution is -2.46. The van der Waals surface area contributed by atoms with Gasteiger partial charge in [0, 0.05) is 29.7 Å². The van der Waals surface area contributed by atoms with Gasteiger partial charge in [-0.05, 0) is 56.6 Å². The molecule has 1 amide bonds. The number of hydrogen-bond acceptors (Lipinski definition) is 4. The maximum absolute atomic E-state index is 12.6. The van der Waals surface area contributed by atoms with Crippen molar-refractivity contribution in [2.45, 2.75) is 43.5 Å². The second kappa shape index (κ2) is 9.83. The minimum absolute atomic E-state index is 0.305. The molecule has 1 fully saturated rings. The third-order valence-electron chi connectivity index (χ3n) is 4.18. The van der Waals surface area contributed by atoms with E-state index in [0.717, 1.165) is 50.4 Å². The fourth-order valence-electron chi connectivity index (χ4n) is 2.94. The van der Waals surface area contributed by atoms with Crippen LogP contribution < -0.4 is 10.1 Å². The lowest BCUT2D eigenvalue weighted by Gasteiger charge is -2.34. The molecule has 23 heavy (non-hydrogen) atoms. The van der Waals surface area contributed by atoms with Crippen molar-refractivity contribution in [3.05, 3.63) is 24.3 Å². The summed E-state index contributed by atoms with van der Waals surface area (Å²) in [5.41, 5.74) is 0. The van der Waals surface area contributed by atoms with E-state index in [-0.39, 0.29) is 0 Å². The normalized spacial score (nSPS) is 15.4. The molecule has 0 bridgehead atoms. The molecule has 5 heteroatoms. The van der Waals surface area contributed by atoms with Crippen molar-refractivity contribution in [2.24, 2.45) is 0 Å². The summed E-state index contributed by atoms with van der Waals surface area (Å²) in [6, 6.07) is 8.44. The highest BCUT2D eigenvalue weighted by atomic mass is 32.2. The van der Waals surface area contributed by atoms with Crippen molar-refractivity contribution in [3.63, 3.8) is 0 Å². The van der Waals surface area contributed by atoms with Gasteiger partial charge >= 0.3 is 0 Å². The maximum Gasteiger partial charge on any atom is 0.223 e. The predicted octanol–water partition coefficient (Wildman–Crippen LogP) is 3.17. The fraction of sp³-hybridized carbons (Fsp3) is 0.611. The summed E-state index contributed by atoms with van der Waals surface area (Å²) < 4.78 is 5.16. The van der Waals surface area contributed by atoms with Gasteiger partial charge in [-0.15, -0.1) is 11.8 Å². The quantitative estimate of drug-likeness (QED) is 0.741. The molecule has 2 rings (SSSR count). The largest absolute Gasteiger partial charge is 0.497 e. The molecular formula is C18H28N2O2S. The molecule has 1 saturated heterocycles. The molecular weight excluding hydrogens is 308 g/mol. The van der Waals surface area contributed by atoms with E-state index in [1.165, 1.54) is 4.90 Å². The summed E-state index contributed by atoms with van der Waals surface area (Å²) in [6.07, 6.45) is 3.80. The van der Waals surface area contributed by atoms with Gasteiger partial charge in [0.15, 0.2) is 0 Å². The van der Waals surface area contributed by atoms with E-state index in [0.29, 0.717) is 18.4 Å². The van der Waals surface area contributed by atoms with Gasteiger partial charge in [0.25, 0.3) is 0 Å². The molecule has 1 N–H and O–H groups in total. The first-order chi connectivity index (χ1) is 11.2. The second-order valence-electron chi connectivity index (χ2n) is 5.84. The average molecular weight is 337 g/mol. The molecule has 1 aromatic carbocycles. The van der Waals surface area contributed by atoms with Gasteiger partial charge < -0.3 is 15.0 Å². The molecule has 0 atom stereocenters. The fourth-order valence-corrected chi connectivity index (χ4v) is 3.78. The first-order valence-electron chi connectivity index (χ1n) is 8.51. The van der Waals surface area contributed by atoms with Crippen molar-refractivity contribution < 1.29 is 9.53 Å². The number of piperidine rings is 1. The molecule has 1 aromatic rings. The van der Waals surface area contributed by atoms with Crippen molar-refractivity contribution in [3.8, 4) is 5.75 Å². The molecule has 1 aliphatic rings. The zero-order valence-corrected chi connectivity index (χ0v) is 15.0. The first kappa shape index (κ1) is 18.1. The summed E-state index contributed by atoms with van der Waals surface area (Å²) in [6.45, 7) is 5.09. The zero-order valence-electron chi connectivity index (χ0n) is 14.2.